The van der Waals surface area contributed by atoms with Gasteiger partial charge in [0.25, 0.3) is 5.56 Å². The van der Waals surface area contributed by atoms with Crippen molar-refractivity contribution in [2.75, 3.05) is 0 Å². The molecule has 0 saturated carbocycles. The van der Waals surface area contributed by atoms with E-state index in [0.29, 0.717) is 17.9 Å². The molecule has 0 aromatic carbocycles. The zero-order chi connectivity index (χ0) is 14.0. The fourth-order valence-corrected chi connectivity index (χ4v) is 3.09. The number of nitrogens with one attached hydrogen (secondary N) is 2. The van der Waals surface area contributed by atoms with Gasteiger partial charge in [0.15, 0.2) is 0 Å². The van der Waals surface area contributed by atoms with E-state index < -0.39 is 0 Å². The molecule has 4 nitrogen and oxygen atoms in total. The maximum atomic E-state index is 12.0. The number of hydrogen-bond acceptors (Lipinski definition) is 4. The van der Waals surface area contributed by atoms with Crippen LogP contribution in [0.3, 0.4) is 0 Å². The third-order valence-corrected chi connectivity index (χ3v) is 4.14. The third-order valence-electron chi connectivity index (χ3n) is 2.91. The summed E-state index contributed by atoms with van der Waals surface area (Å²) in [4.78, 5) is 20.1. The van der Waals surface area contributed by atoms with Crippen LogP contribution in [-0.4, -0.2) is 9.97 Å². The monoisotopic (exact) mass is 297 g/mol. The van der Waals surface area contributed by atoms with Crippen molar-refractivity contribution in [1.29, 1.82) is 0 Å². The molecule has 0 radical (unpaired) electrons. The first-order valence-electron chi connectivity index (χ1n) is 6.02. The lowest BCUT2D eigenvalue weighted by atomic mass is 10.1. The van der Waals surface area contributed by atoms with Crippen LogP contribution in [0.2, 0.25) is 4.34 Å². The summed E-state index contributed by atoms with van der Waals surface area (Å²) < 4.78 is 0.774. The Balaban J connectivity index is 2.12. The molecule has 0 aliphatic heterocycles. The molecule has 19 heavy (non-hydrogen) atoms. The van der Waals surface area contributed by atoms with Crippen LogP contribution in [0, 0.1) is 13.8 Å². The quantitative estimate of drug-likeness (QED) is 0.912. The first-order chi connectivity index (χ1) is 8.97. The van der Waals surface area contributed by atoms with Crippen LogP contribution in [0.1, 0.15) is 34.9 Å². The molecular weight excluding hydrogens is 282 g/mol. The molecule has 0 saturated heterocycles. The molecule has 102 valence electrons. The summed E-state index contributed by atoms with van der Waals surface area (Å²) in [7, 11) is 0. The van der Waals surface area contributed by atoms with Crippen molar-refractivity contribution < 1.29 is 0 Å². The second-order valence-corrected chi connectivity index (χ2v) is 6.26. The van der Waals surface area contributed by atoms with E-state index in [2.05, 4.69) is 15.3 Å². The fraction of sp³-hybridized carbons (Fsp3) is 0.385. The highest BCUT2D eigenvalue weighted by Crippen LogP contribution is 2.22. The number of rotatable bonds is 4. The molecule has 2 aromatic rings. The zero-order valence-electron chi connectivity index (χ0n) is 11.1. The van der Waals surface area contributed by atoms with Crippen LogP contribution in [0.4, 0.5) is 0 Å². The van der Waals surface area contributed by atoms with E-state index in [1.807, 2.05) is 26.0 Å². The van der Waals surface area contributed by atoms with Crippen molar-refractivity contribution in [1.82, 2.24) is 15.3 Å². The number of hydrogen-bond donors (Lipinski definition) is 2. The van der Waals surface area contributed by atoms with Gasteiger partial charge in [-0.1, -0.05) is 11.6 Å². The first kappa shape index (κ1) is 14.2. The highest BCUT2D eigenvalue weighted by Gasteiger charge is 2.14. The lowest BCUT2D eigenvalue weighted by molar-refractivity contribution is 0.566. The van der Waals surface area contributed by atoms with E-state index in [9.17, 15) is 4.79 Å². The molecule has 2 N–H and O–H groups in total. The molecule has 1 unspecified atom stereocenters. The minimum Gasteiger partial charge on any atom is -0.310 e. The Hall–Kier alpha value is -1.17. The summed E-state index contributed by atoms with van der Waals surface area (Å²) in [6.45, 7) is 6.29. The van der Waals surface area contributed by atoms with Crippen LogP contribution < -0.4 is 10.9 Å². The Labute approximate surface area is 120 Å². The summed E-state index contributed by atoms with van der Waals surface area (Å²) in [5, 5.41) is 3.32. The van der Waals surface area contributed by atoms with Gasteiger partial charge in [-0.15, -0.1) is 11.3 Å². The Morgan fingerprint density at radius 3 is 2.79 bits per heavy atom. The standard InChI is InChI=1S/C13H16ClN3OS/c1-7(15-6-10-4-5-11(14)19-10)12-8(2)16-9(3)17-13(12)18/h4-5,7,15H,6H2,1-3H3,(H,16,17,18). The van der Waals surface area contributed by atoms with E-state index >= 15 is 0 Å². The summed E-state index contributed by atoms with van der Waals surface area (Å²) in [5.41, 5.74) is 1.38. The molecule has 0 spiro atoms. The Morgan fingerprint density at radius 1 is 1.47 bits per heavy atom. The van der Waals surface area contributed by atoms with Gasteiger partial charge in [-0.3, -0.25) is 4.79 Å². The van der Waals surface area contributed by atoms with Gasteiger partial charge in [0.1, 0.15) is 5.82 Å². The number of H-pyrrole nitrogens is 1. The van der Waals surface area contributed by atoms with Crippen LogP contribution in [0.25, 0.3) is 0 Å². The van der Waals surface area contributed by atoms with Gasteiger partial charge in [-0.05, 0) is 32.9 Å². The molecule has 2 rings (SSSR count). The van der Waals surface area contributed by atoms with Crippen molar-refractivity contribution >= 4 is 22.9 Å². The van der Waals surface area contributed by atoms with E-state index in [1.54, 1.807) is 6.92 Å². The van der Waals surface area contributed by atoms with Crippen molar-refractivity contribution in [3.8, 4) is 0 Å². The van der Waals surface area contributed by atoms with Gasteiger partial charge >= 0.3 is 0 Å². The van der Waals surface area contributed by atoms with Gasteiger partial charge in [0, 0.05) is 23.2 Å². The normalized spacial score (nSPS) is 12.6. The Kier molecular flexibility index (Phi) is 4.39. The van der Waals surface area contributed by atoms with Gasteiger partial charge in [-0.2, -0.15) is 0 Å². The van der Waals surface area contributed by atoms with Gasteiger partial charge in [0.2, 0.25) is 0 Å². The van der Waals surface area contributed by atoms with Gasteiger partial charge in [0.05, 0.1) is 9.90 Å². The minimum atomic E-state index is -0.0748. The summed E-state index contributed by atoms with van der Waals surface area (Å²) in [5.74, 6) is 0.642. The van der Waals surface area contributed by atoms with Crippen LogP contribution in [-0.2, 0) is 6.54 Å². The fourth-order valence-electron chi connectivity index (χ4n) is 2.05. The van der Waals surface area contributed by atoms with E-state index in [1.165, 1.54) is 11.3 Å². The first-order valence-corrected chi connectivity index (χ1v) is 7.22. The molecule has 6 heteroatoms. The lowest BCUT2D eigenvalue weighted by Crippen LogP contribution is -2.27. The van der Waals surface area contributed by atoms with Crippen LogP contribution in [0.5, 0.6) is 0 Å². The Morgan fingerprint density at radius 2 is 2.21 bits per heavy atom. The molecule has 2 heterocycles. The summed E-state index contributed by atoms with van der Waals surface area (Å²) in [6.07, 6.45) is 0. The number of aromatic nitrogens is 2. The second-order valence-electron chi connectivity index (χ2n) is 4.46. The van der Waals surface area contributed by atoms with Crippen LogP contribution >= 0.6 is 22.9 Å². The average molecular weight is 298 g/mol. The molecule has 2 aromatic heterocycles. The largest absolute Gasteiger partial charge is 0.310 e. The topological polar surface area (TPSA) is 57.8 Å². The summed E-state index contributed by atoms with van der Waals surface area (Å²) in [6, 6.07) is 3.80. The molecular formula is C13H16ClN3OS. The van der Waals surface area contributed by atoms with E-state index in [-0.39, 0.29) is 11.6 Å². The number of halogens is 1. The number of aryl methyl sites for hydroxylation is 2. The SMILES string of the molecule is Cc1nc(C)c(C(C)NCc2ccc(Cl)s2)c(=O)[nH]1. The molecule has 0 aliphatic rings. The Bertz CT molecular complexity index is 635. The zero-order valence-corrected chi connectivity index (χ0v) is 12.7. The predicted molar refractivity (Wildman–Crippen MR) is 78.9 cm³/mol. The van der Waals surface area contributed by atoms with E-state index in [4.69, 9.17) is 11.6 Å². The molecule has 0 fully saturated rings. The highest BCUT2D eigenvalue weighted by atomic mass is 35.5. The van der Waals surface area contributed by atoms with Crippen molar-refractivity contribution in [2.24, 2.45) is 0 Å². The van der Waals surface area contributed by atoms with Gasteiger partial charge < -0.3 is 10.3 Å². The number of nitrogens with zero attached hydrogens (tertiary/aromatic N) is 1. The number of aromatic amines is 1. The average Bonchev–Trinajstić information content (AvgIpc) is 2.71. The van der Waals surface area contributed by atoms with Crippen molar-refractivity contribution in [2.45, 2.75) is 33.4 Å². The van der Waals surface area contributed by atoms with Crippen molar-refractivity contribution in [3.05, 3.63) is 48.8 Å². The van der Waals surface area contributed by atoms with Crippen molar-refractivity contribution in [3.63, 3.8) is 0 Å². The number of thiophene rings is 1. The molecule has 0 bridgehead atoms. The highest BCUT2D eigenvalue weighted by molar-refractivity contribution is 7.16. The minimum absolute atomic E-state index is 0.0577. The molecule has 0 aliphatic carbocycles. The second kappa shape index (κ2) is 5.86. The predicted octanol–water partition coefficient (Wildman–Crippen LogP) is 2.95. The molecule has 0 amide bonds. The summed E-state index contributed by atoms with van der Waals surface area (Å²) >= 11 is 7.42. The van der Waals surface area contributed by atoms with E-state index in [0.717, 1.165) is 14.9 Å². The van der Waals surface area contributed by atoms with Gasteiger partial charge in [-0.25, -0.2) is 4.98 Å². The smallest absolute Gasteiger partial charge is 0.255 e. The third kappa shape index (κ3) is 3.43. The molecule has 1 atom stereocenters. The van der Waals surface area contributed by atoms with Crippen LogP contribution in [0.15, 0.2) is 16.9 Å². The maximum Gasteiger partial charge on any atom is 0.255 e. The maximum absolute atomic E-state index is 12.0. The lowest BCUT2D eigenvalue weighted by Gasteiger charge is -2.14.